The van der Waals surface area contributed by atoms with Gasteiger partial charge in [-0.2, -0.15) is 5.26 Å². The maximum atomic E-state index is 12.6. The fourth-order valence-corrected chi connectivity index (χ4v) is 3.48. The third-order valence-electron chi connectivity index (χ3n) is 4.61. The number of nitrogens with two attached hydrogens (primary N) is 1. The van der Waals surface area contributed by atoms with E-state index < -0.39 is 11.9 Å². The van der Waals surface area contributed by atoms with Crippen LogP contribution in [0.2, 0.25) is 0 Å². The Labute approximate surface area is 183 Å². The largest absolute Gasteiger partial charge is 0.489 e. The third kappa shape index (κ3) is 4.66. The smallest absolute Gasteiger partial charge is 0.338 e. The molecule has 154 valence electrons. The van der Waals surface area contributed by atoms with E-state index in [1.807, 2.05) is 42.5 Å². The second kappa shape index (κ2) is 9.51. The normalized spacial score (nSPS) is 16.0. The van der Waals surface area contributed by atoms with Crippen molar-refractivity contribution in [2.24, 2.45) is 5.73 Å². The summed E-state index contributed by atoms with van der Waals surface area (Å²) in [6.45, 7) is 3.94. The van der Waals surface area contributed by atoms with Gasteiger partial charge in [-0.25, -0.2) is 4.79 Å². The molecule has 0 spiro atoms. The lowest BCUT2D eigenvalue weighted by atomic mass is 9.83. The molecule has 1 aliphatic rings. The highest BCUT2D eigenvalue weighted by Gasteiger charge is 2.36. The van der Waals surface area contributed by atoms with Crippen molar-refractivity contribution in [2.75, 3.05) is 6.61 Å². The van der Waals surface area contributed by atoms with Crippen molar-refractivity contribution in [3.63, 3.8) is 0 Å². The maximum absolute atomic E-state index is 12.6. The first-order valence-corrected chi connectivity index (χ1v) is 10.2. The molecule has 6 nitrogen and oxygen atoms in total. The van der Waals surface area contributed by atoms with Crippen LogP contribution in [-0.4, -0.2) is 12.6 Å². The minimum Gasteiger partial charge on any atom is -0.489 e. The zero-order chi connectivity index (χ0) is 21.7. The number of hydrogen-bond donors (Lipinski definition) is 1. The number of nitrogens with zero attached hydrogens (tertiary/aromatic N) is 1. The lowest BCUT2D eigenvalue weighted by molar-refractivity contribution is -0.139. The zero-order valence-corrected chi connectivity index (χ0v) is 18.2. The predicted octanol–water partition coefficient (Wildman–Crippen LogP) is 4.67. The number of benzene rings is 2. The van der Waals surface area contributed by atoms with Crippen LogP contribution in [0.5, 0.6) is 5.75 Å². The zero-order valence-electron chi connectivity index (χ0n) is 16.6. The summed E-state index contributed by atoms with van der Waals surface area (Å²) in [7, 11) is 0. The van der Waals surface area contributed by atoms with E-state index in [0.717, 1.165) is 10.0 Å². The second-order valence-electron chi connectivity index (χ2n) is 6.60. The Hall–Kier alpha value is -3.24. The van der Waals surface area contributed by atoms with E-state index in [4.69, 9.17) is 19.9 Å². The maximum Gasteiger partial charge on any atom is 0.338 e. The van der Waals surface area contributed by atoms with Gasteiger partial charge in [-0.3, -0.25) is 0 Å². The number of esters is 1. The van der Waals surface area contributed by atoms with Gasteiger partial charge >= 0.3 is 5.97 Å². The van der Waals surface area contributed by atoms with E-state index in [2.05, 4.69) is 22.0 Å². The minimum atomic E-state index is -0.695. The first-order chi connectivity index (χ1) is 14.4. The highest BCUT2D eigenvalue weighted by atomic mass is 79.9. The summed E-state index contributed by atoms with van der Waals surface area (Å²) in [4.78, 5) is 12.6. The van der Waals surface area contributed by atoms with E-state index in [0.29, 0.717) is 23.7 Å². The van der Waals surface area contributed by atoms with Gasteiger partial charge in [0.1, 0.15) is 29.8 Å². The van der Waals surface area contributed by atoms with E-state index in [-0.39, 0.29) is 23.6 Å². The van der Waals surface area contributed by atoms with Crippen LogP contribution in [0.1, 0.15) is 30.9 Å². The highest BCUT2D eigenvalue weighted by Crippen LogP contribution is 2.40. The van der Waals surface area contributed by atoms with Gasteiger partial charge in [0.25, 0.3) is 0 Å². The van der Waals surface area contributed by atoms with Gasteiger partial charge in [-0.15, -0.1) is 0 Å². The molecule has 1 heterocycles. The van der Waals surface area contributed by atoms with Crippen LogP contribution >= 0.6 is 15.9 Å². The fraction of sp³-hybridized carbons (Fsp3) is 0.217. The number of carbonyl (C=O) groups excluding carboxylic acids is 1. The quantitative estimate of drug-likeness (QED) is 0.618. The molecule has 1 atom stereocenters. The average Bonchev–Trinajstić information content (AvgIpc) is 2.73. The number of carbonyl (C=O) groups is 1. The van der Waals surface area contributed by atoms with Gasteiger partial charge < -0.3 is 19.9 Å². The lowest BCUT2D eigenvalue weighted by Crippen LogP contribution is -2.25. The number of allylic oxidation sites excluding steroid dienone is 2. The molecule has 0 fully saturated rings. The Balaban J connectivity index is 1.93. The Bertz CT molecular complexity index is 1050. The van der Waals surface area contributed by atoms with Crippen LogP contribution in [-0.2, 0) is 20.9 Å². The van der Waals surface area contributed by atoms with E-state index in [1.165, 1.54) is 0 Å². The summed E-state index contributed by atoms with van der Waals surface area (Å²) in [6, 6.07) is 17.2. The summed E-state index contributed by atoms with van der Waals surface area (Å²) in [5.41, 5.74) is 8.06. The molecule has 0 saturated heterocycles. The number of nitriles is 1. The van der Waals surface area contributed by atoms with Crippen LogP contribution in [0.25, 0.3) is 0 Å². The van der Waals surface area contributed by atoms with Gasteiger partial charge in [-0.05, 0) is 49.2 Å². The van der Waals surface area contributed by atoms with Gasteiger partial charge in [0.15, 0.2) is 0 Å². The standard InChI is InChI=1S/C23H21BrN2O4/c1-3-28-23(27)20-14(2)30-22(26)19(12-25)21(20)16-5-4-6-18(11-16)29-13-15-7-9-17(24)10-8-15/h4-11,21H,3,13,26H2,1-2H3. The van der Waals surface area contributed by atoms with Crippen molar-refractivity contribution >= 4 is 21.9 Å². The number of hydrogen-bond acceptors (Lipinski definition) is 6. The van der Waals surface area contributed by atoms with E-state index in [1.54, 1.807) is 19.9 Å². The van der Waals surface area contributed by atoms with Crippen LogP contribution in [0.3, 0.4) is 0 Å². The van der Waals surface area contributed by atoms with Crippen molar-refractivity contribution in [1.82, 2.24) is 0 Å². The molecule has 2 aromatic rings. The van der Waals surface area contributed by atoms with Gasteiger partial charge in [0, 0.05) is 4.47 Å². The van der Waals surface area contributed by atoms with Crippen molar-refractivity contribution in [1.29, 1.82) is 5.26 Å². The summed E-state index contributed by atoms with van der Waals surface area (Å²) >= 11 is 3.41. The summed E-state index contributed by atoms with van der Waals surface area (Å²) < 4.78 is 17.6. The van der Waals surface area contributed by atoms with Crippen LogP contribution in [0.15, 0.2) is 75.8 Å². The highest BCUT2D eigenvalue weighted by molar-refractivity contribution is 9.10. The Kier molecular flexibility index (Phi) is 6.80. The molecule has 0 bridgehead atoms. The molecular formula is C23H21BrN2O4. The molecule has 0 amide bonds. The van der Waals surface area contributed by atoms with Crippen molar-refractivity contribution in [2.45, 2.75) is 26.4 Å². The summed E-state index contributed by atoms with van der Waals surface area (Å²) in [5.74, 6) is -0.329. The molecule has 1 aliphatic heterocycles. The Morgan fingerprint density at radius 3 is 2.67 bits per heavy atom. The molecule has 7 heteroatoms. The van der Waals surface area contributed by atoms with Gasteiger partial charge in [0.05, 0.1) is 18.1 Å². The molecule has 1 unspecified atom stereocenters. The molecular weight excluding hydrogens is 448 g/mol. The SMILES string of the molecule is CCOC(=O)C1=C(C)OC(N)=C(C#N)C1c1cccc(OCc2ccc(Br)cc2)c1. The van der Waals surface area contributed by atoms with Crippen LogP contribution < -0.4 is 10.5 Å². The first-order valence-electron chi connectivity index (χ1n) is 9.37. The molecule has 0 aromatic heterocycles. The number of ether oxygens (including phenoxy) is 3. The molecule has 3 rings (SSSR count). The van der Waals surface area contributed by atoms with Crippen molar-refractivity contribution in [3.05, 3.63) is 86.9 Å². The molecule has 0 saturated carbocycles. The molecule has 0 radical (unpaired) electrons. The molecule has 2 N–H and O–H groups in total. The predicted molar refractivity (Wildman–Crippen MR) is 115 cm³/mol. The second-order valence-corrected chi connectivity index (χ2v) is 7.52. The summed E-state index contributed by atoms with van der Waals surface area (Å²) in [5, 5.41) is 9.67. The average molecular weight is 469 g/mol. The topological polar surface area (TPSA) is 94.6 Å². The molecule has 0 aliphatic carbocycles. The first kappa shape index (κ1) is 21.5. The van der Waals surface area contributed by atoms with Gasteiger partial charge in [0.2, 0.25) is 5.88 Å². The number of halogens is 1. The monoisotopic (exact) mass is 468 g/mol. The minimum absolute atomic E-state index is 0.0192. The molecule has 2 aromatic carbocycles. The van der Waals surface area contributed by atoms with Crippen LogP contribution in [0.4, 0.5) is 0 Å². The third-order valence-corrected chi connectivity index (χ3v) is 5.14. The lowest BCUT2D eigenvalue weighted by Gasteiger charge is -2.27. The molecule has 30 heavy (non-hydrogen) atoms. The van der Waals surface area contributed by atoms with E-state index >= 15 is 0 Å². The van der Waals surface area contributed by atoms with Crippen LogP contribution in [0, 0.1) is 11.3 Å². The van der Waals surface area contributed by atoms with Crippen molar-refractivity contribution in [3.8, 4) is 11.8 Å². The van der Waals surface area contributed by atoms with Crippen molar-refractivity contribution < 1.29 is 19.0 Å². The van der Waals surface area contributed by atoms with Gasteiger partial charge in [-0.1, -0.05) is 40.2 Å². The Morgan fingerprint density at radius 1 is 1.27 bits per heavy atom. The fourth-order valence-electron chi connectivity index (χ4n) is 3.22. The summed E-state index contributed by atoms with van der Waals surface area (Å²) in [6.07, 6.45) is 0. The Morgan fingerprint density at radius 2 is 2.00 bits per heavy atom. The van der Waals surface area contributed by atoms with E-state index in [9.17, 15) is 10.1 Å². The number of rotatable bonds is 6.